The van der Waals surface area contributed by atoms with E-state index in [2.05, 4.69) is 232 Å². The lowest BCUT2D eigenvalue weighted by Gasteiger charge is -2.12. The summed E-state index contributed by atoms with van der Waals surface area (Å²) in [6, 6.07) is 147. The van der Waals surface area contributed by atoms with Crippen molar-refractivity contribution in [2.75, 3.05) is 0 Å². The van der Waals surface area contributed by atoms with E-state index in [1.165, 1.54) is 36.3 Å². The largest absolute Gasteiger partial charge is 0.456 e. The molecule has 0 atom stereocenters. The van der Waals surface area contributed by atoms with Crippen molar-refractivity contribution in [3.8, 4) is 138 Å². The van der Waals surface area contributed by atoms with E-state index in [9.17, 15) is 15.8 Å². The van der Waals surface area contributed by atoms with Crippen molar-refractivity contribution in [1.29, 1.82) is 15.8 Å². The Hall–Kier alpha value is -19.3. The fourth-order valence-electron chi connectivity index (χ4n) is 19.0. The molecule has 0 aliphatic carbocycles. The summed E-state index contributed by atoms with van der Waals surface area (Å²) in [7, 11) is 0. The fourth-order valence-corrected chi connectivity index (χ4v) is 20.1. The molecule has 27 aromatic rings. The molecular formula is C120H69N15O2S. The van der Waals surface area contributed by atoms with Gasteiger partial charge in [0.15, 0.2) is 58.0 Å². The summed E-state index contributed by atoms with van der Waals surface area (Å²) < 4.78 is 22.3. The van der Waals surface area contributed by atoms with Gasteiger partial charge in [-0.2, -0.15) is 15.8 Å². The van der Waals surface area contributed by atoms with Gasteiger partial charge in [0, 0.05) is 141 Å². The van der Waals surface area contributed by atoms with Gasteiger partial charge in [-0.1, -0.05) is 255 Å². The lowest BCUT2D eigenvalue weighted by Crippen LogP contribution is -2.01. The van der Waals surface area contributed by atoms with Gasteiger partial charge in [-0.3, -0.25) is 0 Å². The molecule has 0 aliphatic heterocycles. The molecule has 9 heterocycles. The average molecular weight is 1790 g/mol. The molecule has 0 saturated heterocycles. The maximum atomic E-state index is 9.54. The highest BCUT2D eigenvalue weighted by Gasteiger charge is 2.25. The number of hydrogen-bond donors (Lipinski definition) is 0. The van der Waals surface area contributed by atoms with Crippen LogP contribution in [0.15, 0.2) is 427 Å². The average Bonchev–Trinajstić information content (AvgIpc) is 1.55. The molecule has 0 radical (unpaired) electrons. The summed E-state index contributed by atoms with van der Waals surface area (Å²) in [4.78, 5) is 44.1. The predicted octanol–water partition coefficient (Wildman–Crippen LogP) is 29.7. The van der Waals surface area contributed by atoms with Crippen LogP contribution in [0.4, 0.5) is 0 Å². The number of fused-ring (bicyclic) bond motifs is 19. The Balaban J connectivity index is 0.000000110. The predicted molar refractivity (Wildman–Crippen MR) is 553 cm³/mol. The van der Waals surface area contributed by atoms with Crippen molar-refractivity contribution in [2.24, 2.45) is 0 Å². The van der Waals surface area contributed by atoms with Crippen LogP contribution in [-0.4, -0.2) is 58.6 Å². The molecule has 0 bridgehead atoms. The number of nitriles is 3. The summed E-state index contributed by atoms with van der Waals surface area (Å²) in [6.07, 6.45) is 0. The van der Waals surface area contributed by atoms with E-state index in [0.717, 1.165) is 160 Å². The second-order valence-corrected chi connectivity index (χ2v) is 34.7. The van der Waals surface area contributed by atoms with Crippen molar-refractivity contribution in [2.45, 2.75) is 0 Å². The van der Waals surface area contributed by atoms with Gasteiger partial charge in [0.1, 0.15) is 16.7 Å². The topological polar surface area (TPSA) is 228 Å². The van der Waals surface area contributed by atoms with E-state index in [1.54, 1.807) is 24.3 Å². The van der Waals surface area contributed by atoms with Crippen LogP contribution in [0.2, 0.25) is 0 Å². The second kappa shape index (κ2) is 33.8. The van der Waals surface area contributed by atoms with Crippen LogP contribution in [0.3, 0.4) is 0 Å². The zero-order valence-corrected chi connectivity index (χ0v) is 74.1. The zero-order chi connectivity index (χ0) is 91.8. The van der Waals surface area contributed by atoms with Crippen molar-refractivity contribution in [1.82, 2.24) is 58.6 Å². The number of para-hydroxylation sites is 5. The summed E-state index contributed by atoms with van der Waals surface area (Å²) in [5.41, 5.74) is 22.5. The molecule has 17 nitrogen and oxygen atoms in total. The minimum Gasteiger partial charge on any atom is -0.456 e. The first-order chi connectivity index (χ1) is 68.2. The maximum Gasteiger partial charge on any atom is 0.164 e. The Kier molecular flexibility index (Phi) is 19.8. The van der Waals surface area contributed by atoms with Crippen LogP contribution in [0.5, 0.6) is 0 Å². The SMILES string of the molecule is N#Cc1ccc(-c2nc(-c3ccccc3)nc(-c3ccc(-n4c5ccccc5c5ccc6c7ccccc7oc6c54)cc3)n2)cc1.N#Cc1cccc(-c2nc(-c3ccccc3)nc(-c3cccc(-n4c5ccccc5c5cc6oc7ccccc7c6cc54)c3)n2)c1.N#Cc1cccc(-c2nc(-c3ccccc3)nc(-c3cccc(-n4c5ccccc5c5cc6sc7ccccc7c6cc54)c3)n2)c1. The third-order valence-corrected chi connectivity index (χ3v) is 26.5. The number of rotatable bonds is 12. The van der Waals surface area contributed by atoms with Gasteiger partial charge in [-0.25, -0.2) is 44.9 Å². The minimum absolute atomic E-state index is 0.512. The Morgan fingerprint density at radius 3 is 1.04 bits per heavy atom. The van der Waals surface area contributed by atoms with E-state index in [0.29, 0.717) is 69.1 Å². The first-order valence-corrected chi connectivity index (χ1v) is 45.8. The van der Waals surface area contributed by atoms with Crippen LogP contribution in [0.1, 0.15) is 16.7 Å². The summed E-state index contributed by atoms with van der Waals surface area (Å²) in [5.74, 6) is 5.01. The summed E-state index contributed by atoms with van der Waals surface area (Å²) in [6.45, 7) is 0. The Morgan fingerprint density at radius 1 is 0.196 bits per heavy atom. The quantitative estimate of drug-likeness (QED) is 0.111. The van der Waals surface area contributed by atoms with Crippen LogP contribution in [0, 0.1) is 34.0 Å². The van der Waals surface area contributed by atoms with E-state index in [-0.39, 0.29) is 0 Å². The number of nitrogens with zero attached hydrogens (tertiary/aromatic N) is 15. The smallest absolute Gasteiger partial charge is 0.164 e. The van der Waals surface area contributed by atoms with E-state index in [4.69, 9.17) is 53.7 Å². The van der Waals surface area contributed by atoms with Gasteiger partial charge < -0.3 is 22.5 Å². The number of furan rings is 2. The van der Waals surface area contributed by atoms with Crippen molar-refractivity contribution < 1.29 is 8.83 Å². The lowest BCUT2D eigenvalue weighted by atomic mass is 10.1. The zero-order valence-electron chi connectivity index (χ0n) is 73.3. The number of thiophene rings is 1. The highest BCUT2D eigenvalue weighted by molar-refractivity contribution is 7.25. The van der Waals surface area contributed by atoms with Crippen LogP contribution in [-0.2, 0) is 0 Å². The first kappa shape index (κ1) is 80.7. The molecule has 0 fully saturated rings. The van der Waals surface area contributed by atoms with Crippen LogP contribution >= 0.6 is 11.3 Å². The highest BCUT2D eigenvalue weighted by atomic mass is 32.1. The normalized spacial score (nSPS) is 11.5. The molecule has 0 unspecified atom stereocenters. The van der Waals surface area contributed by atoms with Gasteiger partial charge in [-0.05, 0) is 164 Å². The number of hydrogen-bond acceptors (Lipinski definition) is 15. The van der Waals surface area contributed by atoms with Crippen molar-refractivity contribution >= 4 is 141 Å². The standard InChI is InChI=1S/2C40H23N5O.C40H23N5S/c41-24-25-10-8-13-27(20-25)39-42-38(26-11-2-1-3-12-26)43-40(44-39)28-14-9-15-29(21-28)45-34-18-6-4-16-30(34)32-23-37-33(22-35(32)45)31-17-5-7-19-36(31)46-37;41-24-25-14-16-27(17-15-25)39-42-38(26-8-2-1-3-9-26)43-40(44-39)28-18-20-29(21-19-28)45-34-12-6-4-10-30(34)32-22-23-33-31-11-5-7-13-35(31)46-37(33)36(32)45;41-24-25-10-8-13-27(20-25)39-42-38(26-11-2-1-3-12-26)43-40(44-39)28-14-9-15-29(21-28)45-34-18-6-4-16-30(34)32-23-37-33(22-35(32)45)31-17-5-7-19-36(31)46-37/h3*1-23H. The molecule has 27 rings (SSSR count). The van der Waals surface area contributed by atoms with Gasteiger partial charge in [0.05, 0.1) is 68.0 Å². The van der Waals surface area contributed by atoms with Crippen LogP contribution < -0.4 is 0 Å². The minimum atomic E-state index is 0.512. The highest BCUT2D eigenvalue weighted by Crippen LogP contribution is 2.46. The second-order valence-electron chi connectivity index (χ2n) is 33.7. The van der Waals surface area contributed by atoms with Crippen molar-refractivity contribution in [3.63, 3.8) is 0 Å². The number of benzene rings is 18. The van der Waals surface area contributed by atoms with Gasteiger partial charge in [-0.15, -0.1) is 11.3 Å². The fraction of sp³-hybridized carbons (Fsp3) is 0. The summed E-state index contributed by atoms with van der Waals surface area (Å²) in [5, 5.41) is 42.3. The van der Waals surface area contributed by atoms with Gasteiger partial charge in [0.25, 0.3) is 0 Å². The summed E-state index contributed by atoms with van der Waals surface area (Å²) >= 11 is 1.84. The molecule has 0 aliphatic rings. The van der Waals surface area contributed by atoms with Crippen LogP contribution in [0.25, 0.3) is 249 Å². The molecule has 0 saturated carbocycles. The van der Waals surface area contributed by atoms with Gasteiger partial charge >= 0.3 is 0 Å². The van der Waals surface area contributed by atoms with Gasteiger partial charge in [0.2, 0.25) is 0 Å². The molecule has 0 amide bonds. The molecule has 0 spiro atoms. The molecule has 9 aromatic heterocycles. The molecule has 0 N–H and O–H groups in total. The molecule has 18 aromatic carbocycles. The molecular weight excluding hydrogens is 1720 g/mol. The Labute approximate surface area is 791 Å². The Bertz CT molecular complexity index is 9350. The number of aromatic nitrogens is 12. The van der Waals surface area contributed by atoms with E-state index in [1.807, 2.05) is 205 Å². The lowest BCUT2D eigenvalue weighted by molar-refractivity contribution is 0.669. The maximum absolute atomic E-state index is 9.54. The Morgan fingerprint density at radius 2 is 0.551 bits per heavy atom. The first-order valence-electron chi connectivity index (χ1n) is 45.0. The van der Waals surface area contributed by atoms with E-state index >= 15 is 0 Å². The van der Waals surface area contributed by atoms with Crippen molar-refractivity contribution in [3.05, 3.63) is 435 Å². The monoisotopic (exact) mass is 1780 g/mol. The molecule has 642 valence electrons. The third-order valence-electron chi connectivity index (χ3n) is 25.4. The van der Waals surface area contributed by atoms with E-state index < -0.39 is 0 Å². The molecule has 138 heavy (non-hydrogen) atoms. The third kappa shape index (κ3) is 14.4. The molecule has 18 heteroatoms.